The molecule has 2 aliphatic heterocycles. The minimum atomic E-state index is -0.819. The molecule has 1 atom stereocenters. The van der Waals surface area contributed by atoms with Crippen LogP contribution in [-0.2, 0) is 27.5 Å². The zero-order chi connectivity index (χ0) is 33.3. The first kappa shape index (κ1) is 32.8. The van der Waals surface area contributed by atoms with Crippen LogP contribution in [0.2, 0.25) is 0 Å². The van der Waals surface area contributed by atoms with Crippen LogP contribution in [0.5, 0.6) is 17.2 Å². The summed E-state index contributed by atoms with van der Waals surface area (Å²) in [4.78, 5) is 31.1. The van der Waals surface area contributed by atoms with Crippen LogP contribution in [0.1, 0.15) is 34.7 Å². The third-order valence-electron chi connectivity index (χ3n) is 8.63. The van der Waals surface area contributed by atoms with E-state index in [0.29, 0.717) is 67.8 Å². The zero-order valence-corrected chi connectivity index (χ0v) is 27.0. The number of benzene rings is 4. The van der Waals surface area contributed by atoms with Gasteiger partial charge in [0, 0.05) is 31.7 Å². The van der Waals surface area contributed by atoms with Crippen LogP contribution in [0.25, 0.3) is 5.76 Å². The first-order valence-corrected chi connectivity index (χ1v) is 16.2. The van der Waals surface area contributed by atoms with Crippen LogP contribution in [0.4, 0.5) is 0 Å². The Balaban J connectivity index is 1.28. The summed E-state index contributed by atoms with van der Waals surface area (Å²) in [5, 5.41) is 11.6. The predicted molar refractivity (Wildman–Crippen MR) is 182 cm³/mol. The van der Waals surface area contributed by atoms with Crippen LogP contribution in [-0.4, -0.2) is 73.1 Å². The summed E-state index contributed by atoms with van der Waals surface area (Å²) in [6.45, 7) is 4.86. The molecular weight excluding hydrogens is 608 g/mol. The summed E-state index contributed by atoms with van der Waals surface area (Å²) in [5.41, 5.74) is 3.12. The van der Waals surface area contributed by atoms with Gasteiger partial charge in [0.1, 0.15) is 24.7 Å². The zero-order valence-electron chi connectivity index (χ0n) is 27.0. The van der Waals surface area contributed by atoms with Crippen LogP contribution < -0.4 is 14.2 Å². The number of ketones is 1. The molecule has 1 amide bonds. The van der Waals surface area contributed by atoms with Gasteiger partial charge in [-0.15, -0.1) is 0 Å². The van der Waals surface area contributed by atoms with Gasteiger partial charge >= 0.3 is 0 Å². The Morgan fingerprint density at radius 3 is 2.08 bits per heavy atom. The number of Topliss-reactive ketones (excluding diaryl/α,β-unsaturated/α-hetero) is 1. The molecule has 248 valence electrons. The Morgan fingerprint density at radius 1 is 0.792 bits per heavy atom. The van der Waals surface area contributed by atoms with E-state index in [1.807, 2.05) is 66.7 Å². The number of ether oxygens (including phenoxy) is 4. The Hall–Kier alpha value is -5.12. The molecule has 0 aromatic heterocycles. The summed E-state index contributed by atoms with van der Waals surface area (Å²) in [6.07, 6.45) is 0.659. The van der Waals surface area contributed by atoms with Crippen molar-refractivity contribution in [2.75, 3.05) is 46.5 Å². The topological polar surface area (TPSA) is 97.8 Å². The van der Waals surface area contributed by atoms with Gasteiger partial charge in [-0.05, 0) is 59.5 Å². The second-order valence-corrected chi connectivity index (χ2v) is 11.8. The normalized spacial score (nSPS) is 17.8. The minimum Gasteiger partial charge on any atom is -0.507 e. The third-order valence-corrected chi connectivity index (χ3v) is 8.63. The minimum absolute atomic E-state index is 0.0318. The Kier molecular flexibility index (Phi) is 10.7. The maximum Gasteiger partial charge on any atom is 0.295 e. The van der Waals surface area contributed by atoms with E-state index < -0.39 is 17.7 Å². The highest BCUT2D eigenvalue weighted by Crippen LogP contribution is 2.42. The second kappa shape index (κ2) is 15.6. The molecule has 2 fully saturated rings. The second-order valence-electron chi connectivity index (χ2n) is 11.8. The molecule has 1 N–H and O–H groups in total. The number of aliphatic hydroxyl groups excluding tert-OH is 1. The van der Waals surface area contributed by atoms with Gasteiger partial charge in [-0.1, -0.05) is 66.7 Å². The van der Waals surface area contributed by atoms with Crippen LogP contribution in [0, 0.1) is 0 Å². The molecule has 0 spiro atoms. The number of morpholine rings is 1. The van der Waals surface area contributed by atoms with Gasteiger partial charge in [0.15, 0.2) is 11.5 Å². The number of amides is 1. The molecule has 0 bridgehead atoms. The number of rotatable bonds is 13. The first-order chi connectivity index (χ1) is 23.5. The predicted octanol–water partition coefficient (Wildman–Crippen LogP) is 6.00. The lowest BCUT2D eigenvalue weighted by atomic mass is 9.95. The highest BCUT2D eigenvalue weighted by Gasteiger charge is 2.46. The van der Waals surface area contributed by atoms with E-state index in [4.69, 9.17) is 18.9 Å². The van der Waals surface area contributed by atoms with E-state index in [9.17, 15) is 14.7 Å². The van der Waals surface area contributed by atoms with E-state index >= 15 is 0 Å². The molecule has 2 heterocycles. The fourth-order valence-electron chi connectivity index (χ4n) is 6.06. The number of carbonyl (C=O) groups excluding carboxylic acids is 2. The van der Waals surface area contributed by atoms with Crippen LogP contribution >= 0.6 is 0 Å². The van der Waals surface area contributed by atoms with Crippen molar-refractivity contribution in [1.29, 1.82) is 0 Å². The van der Waals surface area contributed by atoms with Gasteiger partial charge in [-0.2, -0.15) is 0 Å². The quantitative estimate of drug-likeness (QED) is 0.107. The van der Waals surface area contributed by atoms with Gasteiger partial charge < -0.3 is 29.0 Å². The first-order valence-electron chi connectivity index (χ1n) is 16.2. The number of nitrogens with zero attached hydrogens (tertiary/aromatic N) is 2. The number of hydrogen-bond acceptors (Lipinski definition) is 8. The van der Waals surface area contributed by atoms with Gasteiger partial charge in [0.05, 0.1) is 31.9 Å². The lowest BCUT2D eigenvalue weighted by Crippen LogP contribution is -2.39. The molecule has 1 unspecified atom stereocenters. The molecule has 9 nitrogen and oxygen atoms in total. The average molecular weight is 649 g/mol. The molecule has 4 aromatic rings. The Morgan fingerprint density at radius 2 is 1.44 bits per heavy atom. The lowest BCUT2D eigenvalue weighted by molar-refractivity contribution is -0.140. The highest BCUT2D eigenvalue weighted by atomic mass is 16.5. The average Bonchev–Trinajstić information content (AvgIpc) is 3.39. The van der Waals surface area contributed by atoms with Crippen molar-refractivity contribution in [3.8, 4) is 17.2 Å². The van der Waals surface area contributed by atoms with Gasteiger partial charge in [0.2, 0.25) is 0 Å². The molecule has 48 heavy (non-hydrogen) atoms. The Bertz CT molecular complexity index is 1720. The maximum absolute atomic E-state index is 13.7. The summed E-state index contributed by atoms with van der Waals surface area (Å²) in [5.74, 6) is -0.00701. The fraction of sp³-hybridized carbons (Fsp3) is 0.282. The van der Waals surface area contributed by atoms with Crippen LogP contribution in [0.15, 0.2) is 109 Å². The maximum atomic E-state index is 13.7. The molecule has 0 radical (unpaired) electrons. The molecule has 0 aliphatic carbocycles. The van der Waals surface area contributed by atoms with Crippen molar-refractivity contribution in [2.24, 2.45) is 0 Å². The van der Waals surface area contributed by atoms with Crippen molar-refractivity contribution >= 4 is 17.4 Å². The number of aliphatic hydroxyl groups is 1. The van der Waals surface area contributed by atoms with Crippen molar-refractivity contribution in [3.63, 3.8) is 0 Å². The third kappa shape index (κ3) is 7.70. The van der Waals surface area contributed by atoms with E-state index in [-0.39, 0.29) is 11.3 Å². The number of methoxy groups -OCH3 is 1. The van der Waals surface area contributed by atoms with E-state index in [0.717, 1.165) is 30.8 Å². The van der Waals surface area contributed by atoms with Gasteiger partial charge in [-0.3, -0.25) is 14.5 Å². The molecule has 0 saturated carbocycles. The van der Waals surface area contributed by atoms with Crippen molar-refractivity contribution < 1.29 is 33.6 Å². The number of hydrogen-bond donors (Lipinski definition) is 1. The molecule has 4 aromatic carbocycles. The van der Waals surface area contributed by atoms with E-state index in [2.05, 4.69) is 4.90 Å². The van der Waals surface area contributed by atoms with Crippen LogP contribution in [0.3, 0.4) is 0 Å². The smallest absolute Gasteiger partial charge is 0.295 e. The van der Waals surface area contributed by atoms with Gasteiger partial charge in [-0.25, -0.2) is 0 Å². The molecular formula is C39H40N2O7. The molecule has 9 heteroatoms. The summed E-state index contributed by atoms with van der Waals surface area (Å²) >= 11 is 0. The largest absolute Gasteiger partial charge is 0.507 e. The van der Waals surface area contributed by atoms with E-state index in [1.165, 1.54) is 0 Å². The standard InChI is InChI=1S/C39H40N2O7/c1-45-34-25-31(15-18-33(34)48-27-29-11-6-3-7-12-29)36-35(38(43)39(44)41(36)20-8-19-40-21-23-46-24-22-40)37(42)30-13-16-32(17-14-30)47-26-28-9-4-2-5-10-28/h2-7,9-18,25,36,42H,8,19-24,26-27H2,1H3. The highest BCUT2D eigenvalue weighted by molar-refractivity contribution is 6.46. The molecule has 6 rings (SSSR count). The SMILES string of the molecule is COc1cc(C2C(=C(O)c3ccc(OCc4ccccc4)cc3)C(=O)C(=O)N2CCCN2CCOCC2)ccc1OCc1ccccc1. The van der Waals surface area contributed by atoms with Gasteiger partial charge in [0.25, 0.3) is 11.7 Å². The number of likely N-dealkylation sites (tertiary alicyclic amines) is 1. The fourth-order valence-corrected chi connectivity index (χ4v) is 6.06. The summed E-state index contributed by atoms with van der Waals surface area (Å²) < 4.78 is 23.2. The van der Waals surface area contributed by atoms with Crippen molar-refractivity contribution in [3.05, 3.63) is 131 Å². The molecule has 2 aliphatic rings. The lowest BCUT2D eigenvalue weighted by Gasteiger charge is -2.29. The van der Waals surface area contributed by atoms with Crippen molar-refractivity contribution in [2.45, 2.75) is 25.7 Å². The monoisotopic (exact) mass is 648 g/mol. The number of carbonyl (C=O) groups is 2. The van der Waals surface area contributed by atoms with E-state index in [1.54, 1.807) is 48.4 Å². The summed E-state index contributed by atoms with van der Waals surface area (Å²) in [7, 11) is 1.55. The molecule has 2 saturated heterocycles. The van der Waals surface area contributed by atoms with Crippen molar-refractivity contribution in [1.82, 2.24) is 9.80 Å². The Labute approximate surface area is 280 Å². The summed E-state index contributed by atoms with van der Waals surface area (Å²) in [6, 6.07) is 31.1.